The van der Waals surface area contributed by atoms with Crippen LogP contribution >= 0.6 is 35.0 Å². The van der Waals surface area contributed by atoms with Crippen LogP contribution in [0.15, 0.2) is 82.6 Å². The molecule has 0 aromatic heterocycles. The van der Waals surface area contributed by atoms with Crippen molar-refractivity contribution in [1.82, 2.24) is 4.31 Å². The zero-order chi connectivity index (χ0) is 24.1. The second-order valence-electron chi connectivity index (χ2n) is 8.10. The molecule has 4 rings (SSSR count). The molecular formula is C25H24Cl2N2O3S2. The highest BCUT2D eigenvalue weighted by Gasteiger charge is 2.32. The van der Waals surface area contributed by atoms with Gasteiger partial charge in [-0.2, -0.15) is 0 Å². The number of rotatable bonds is 7. The van der Waals surface area contributed by atoms with Crippen molar-refractivity contribution in [3.05, 3.63) is 88.4 Å². The molecule has 1 aliphatic rings. The van der Waals surface area contributed by atoms with Gasteiger partial charge >= 0.3 is 0 Å². The molecule has 178 valence electrons. The number of carbonyl (C=O) groups is 1. The minimum atomic E-state index is -3.61. The fourth-order valence-electron chi connectivity index (χ4n) is 3.85. The largest absolute Gasteiger partial charge is 0.325 e. The fourth-order valence-corrected chi connectivity index (χ4v) is 6.69. The summed E-state index contributed by atoms with van der Waals surface area (Å²) in [6.07, 6.45) is 1.26. The summed E-state index contributed by atoms with van der Waals surface area (Å²) in [5.41, 5.74) is 1.28. The Morgan fingerprint density at radius 3 is 2.50 bits per heavy atom. The quantitative estimate of drug-likeness (QED) is 0.384. The highest BCUT2D eigenvalue weighted by molar-refractivity contribution is 7.99. The number of anilines is 1. The molecule has 1 heterocycles. The van der Waals surface area contributed by atoms with Crippen molar-refractivity contribution in [2.45, 2.75) is 28.4 Å². The van der Waals surface area contributed by atoms with Crippen molar-refractivity contribution >= 4 is 56.6 Å². The second-order valence-corrected chi connectivity index (χ2v) is 12.0. The van der Waals surface area contributed by atoms with E-state index < -0.39 is 15.9 Å². The summed E-state index contributed by atoms with van der Waals surface area (Å²) in [5.74, 6) is -0.780. The lowest BCUT2D eigenvalue weighted by atomic mass is 9.99. The first-order valence-electron chi connectivity index (χ1n) is 10.9. The molecular weight excluding hydrogens is 511 g/mol. The zero-order valence-electron chi connectivity index (χ0n) is 18.3. The highest BCUT2D eigenvalue weighted by Crippen LogP contribution is 2.34. The molecule has 3 aromatic carbocycles. The summed E-state index contributed by atoms with van der Waals surface area (Å²) < 4.78 is 27.5. The van der Waals surface area contributed by atoms with Crippen LogP contribution in [-0.4, -0.2) is 31.7 Å². The van der Waals surface area contributed by atoms with Gasteiger partial charge in [0.15, 0.2) is 0 Å². The molecule has 1 fully saturated rings. The molecule has 0 radical (unpaired) electrons. The van der Waals surface area contributed by atoms with Gasteiger partial charge < -0.3 is 5.32 Å². The number of hydrogen-bond donors (Lipinski definition) is 1. The number of benzene rings is 3. The van der Waals surface area contributed by atoms with Crippen LogP contribution in [0.3, 0.4) is 0 Å². The first-order valence-corrected chi connectivity index (χ1v) is 14.0. The molecule has 0 aliphatic carbocycles. The lowest BCUT2D eigenvalue weighted by molar-refractivity contribution is -0.120. The van der Waals surface area contributed by atoms with E-state index in [-0.39, 0.29) is 18.2 Å². The van der Waals surface area contributed by atoms with E-state index in [1.165, 1.54) is 4.31 Å². The molecule has 1 aliphatic heterocycles. The monoisotopic (exact) mass is 534 g/mol. The molecule has 0 saturated carbocycles. The van der Waals surface area contributed by atoms with E-state index in [4.69, 9.17) is 23.2 Å². The summed E-state index contributed by atoms with van der Waals surface area (Å²) in [7, 11) is -3.61. The van der Waals surface area contributed by atoms with Crippen molar-refractivity contribution in [3.63, 3.8) is 0 Å². The Hall–Kier alpha value is -2.03. The Kier molecular flexibility index (Phi) is 8.22. The van der Waals surface area contributed by atoms with Gasteiger partial charge in [0.05, 0.1) is 27.4 Å². The van der Waals surface area contributed by atoms with Crippen molar-refractivity contribution < 1.29 is 13.2 Å². The lowest BCUT2D eigenvalue weighted by Gasteiger charge is -2.31. The maximum absolute atomic E-state index is 13.1. The SMILES string of the molecule is O=C(Nc1ccccc1Sc1ccccc1)C1CCCN(S(=O)(=O)Cc2ccc(Cl)c(Cl)c2)C1. The first kappa shape index (κ1) is 25.1. The minimum Gasteiger partial charge on any atom is -0.325 e. The molecule has 1 saturated heterocycles. The molecule has 0 spiro atoms. The normalized spacial score (nSPS) is 16.8. The van der Waals surface area contributed by atoms with Crippen LogP contribution in [0.5, 0.6) is 0 Å². The van der Waals surface area contributed by atoms with Gasteiger partial charge in [-0.05, 0) is 54.8 Å². The third-order valence-electron chi connectivity index (χ3n) is 5.60. The van der Waals surface area contributed by atoms with Gasteiger partial charge in [0.2, 0.25) is 15.9 Å². The third kappa shape index (κ3) is 6.34. The van der Waals surface area contributed by atoms with E-state index in [9.17, 15) is 13.2 Å². The van der Waals surface area contributed by atoms with Crippen molar-refractivity contribution in [1.29, 1.82) is 0 Å². The maximum Gasteiger partial charge on any atom is 0.228 e. The Balaban J connectivity index is 1.43. The maximum atomic E-state index is 13.1. The van der Waals surface area contributed by atoms with E-state index in [1.807, 2.05) is 54.6 Å². The van der Waals surface area contributed by atoms with Crippen molar-refractivity contribution in [2.75, 3.05) is 18.4 Å². The van der Waals surface area contributed by atoms with Gasteiger partial charge in [0.1, 0.15) is 0 Å². The number of amides is 1. The van der Waals surface area contributed by atoms with Crippen LogP contribution < -0.4 is 5.32 Å². The highest BCUT2D eigenvalue weighted by atomic mass is 35.5. The predicted molar refractivity (Wildman–Crippen MR) is 139 cm³/mol. The second kappa shape index (κ2) is 11.1. The summed E-state index contributed by atoms with van der Waals surface area (Å²) in [5, 5.41) is 3.72. The van der Waals surface area contributed by atoms with Gasteiger partial charge in [-0.1, -0.05) is 71.4 Å². The summed E-state index contributed by atoms with van der Waals surface area (Å²) in [6.45, 7) is 0.553. The molecule has 3 aromatic rings. The Bertz CT molecular complexity index is 1270. The number of piperidine rings is 1. The number of carbonyl (C=O) groups excluding carboxylic acids is 1. The van der Waals surface area contributed by atoms with Crippen molar-refractivity contribution in [3.8, 4) is 0 Å². The van der Waals surface area contributed by atoms with E-state index in [2.05, 4.69) is 5.32 Å². The molecule has 1 N–H and O–H groups in total. The minimum absolute atomic E-state index is 0.156. The Morgan fingerprint density at radius 1 is 1.00 bits per heavy atom. The molecule has 0 bridgehead atoms. The van der Waals surface area contributed by atoms with E-state index in [0.29, 0.717) is 35.0 Å². The topological polar surface area (TPSA) is 66.5 Å². The summed E-state index contributed by atoms with van der Waals surface area (Å²) in [4.78, 5) is 15.1. The fraction of sp³-hybridized carbons (Fsp3) is 0.240. The Morgan fingerprint density at radius 2 is 1.74 bits per heavy atom. The third-order valence-corrected chi connectivity index (χ3v) is 9.24. The van der Waals surface area contributed by atoms with Gasteiger partial charge in [-0.3, -0.25) is 4.79 Å². The van der Waals surface area contributed by atoms with Crippen LogP contribution in [0, 0.1) is 5.92 Å². The number of hydrogen-bond acceptors (Lipinski definition) is 4. The smallest absolute Gasteiger partial charge is 0.228 e. The van der Waals surface area contributed by atoms with Crippen LogP contribution in [0.2, 0.25) is 10.0 Å². The van der Waals surface area contributed by atoms with E-state index in [1.54, 1.807) is 30.0 Å². The first-order chi connectivity index (χ1) is 16.3. The molecule has 34 heavy (non-hydrogen) atoms. The summed E-state index contributed by atoms with van der Waals surface area (Å²) in [6, 6.07) is 22.4. The van der Waals surface area contributed by atoms with Gasteiger partial charge in [0.25, 0.3) is 0 Å². The molecule has 5 nitrogen and oxygen atoms in total. The van der Waals surface area contributed by atoms with Crippen molar-refractivity contribution in [2.24, 2.45) is 5.92 Å². The predicted octanol–water partition coefficient (Wildman–Crippen LogP) is 6.33. The van der Waals surface area contributed by atoms with E-state index in [0.717, 1.165) is 15.5 Å². The number of sulfonamides is 1. The van der Waals surface area contributed by atoms with Gasteiger partial charge in [-0.25, -0.2) is 12.7 Å². The molecule has 1 unspecified atom stereocenters. The van der Waals surface area contributed by atoms with Crippen LogP contribution in [0.4, 0.5) is 5.69 Å². The zero-order valence-corrected chi connectivity index (χ0v) is 21.4. The molecule has 1 amide bonds. The number of para-hydroxylation sites is 1. The number of nitrogens with one attached hydrogen (secondary N) is 1. The van der Waals surface area contributed by atoms with Crippen LogP contribution in [-0.2, 0) is 20.6 Å². The molecule has 9 heteroatoms. The van der Waals surface area contributed by atoms with Gasteiger partial charge in [-0.15, -0.1) is 0 Å². The van der Waals surface area contributed by atoms with Crippen LogP contribution in [0.1, 0.15) is 18.4 Å². The van der Waals surface area contributed by atoms with E-state index >= 15 is 0 Å². The average molecular weight is 536 g/mol. The molecule has 1 atom stereocenters. The van der Waals surface area contributed by atoms with Gasteiger partial charge in [0, 0.05) is 22.9 Å². The standard InChI is InChI=1S/C25H24Cl2N2O3S2/c26-21-13-12-18(15-22(21)27)17-34(31,32)29-14-6-7-19(16-29)25(30)28-23-10-4-5-11-24(23)33-20-8-2-1-3-9-20/h1-5,8-13,15,19H,6-7,14,16-17H2,(H,28,30). The lowest BCUT2D eigenvalue weighted by Crippen LogP contribution is -2.44. The Labute approximate surface area is 214 Å². The average Bonchev–Trinajstić information content (AvgIpc) is 2.83. The number of nitrogens with zero attached hydrogens (tertiary/aromatic N) is 1. The summed E-state index contributed by atoms with van der Waals surface area (Å²) >= 11 is 13.5. The number of halogens is 2. The van der Waals surface area contributed by atoms with Crippen LogP contribution in [0.25, 0.3) is 0 Å².